The van der Waals surface area contributed by atoms with E-state index in [1.54, 1.807) is 7.11 Å². The molecule has 0 amide bonds. The first-order valence-corrected chi connectivity index (χ1v) is 6.34. The third kappa shape index (κ3) is 3.47. The number of hydrogen-bond acceptors (Lipinski definition) is 3. The average Bonchev–Trinajstić information content (AvgIpc) is 2.29. The lowest BCUT2D eigenvalue weighted by Crippen LogP contribution is -2.34. The fraction of sp³-hybridized carbons (Fsp3) is 0.600. The highest BCUT2D eigenvalue weighted by Crippen LogP contribution is 2.36. The molecule has 1 aromatic carbocycles. The van der Waals surface area contributed by atoms with E-state index in [1.807, 2.05) is 52.0 Å². The van der Waals surface area contributed by atoms with Crippen molar-refractivity contribution >= 4 is 0 Å². The van der Waals surface area contributed by atoms with Gasteiger partial charge in [0.2, 0.25) is 0 Å². The van der Waals surface area contributed by atoms with Crippen molar-refractivity contribution in [2.75, 3.05) is 13.7 Å². The summed E-state index contributed by atoms with van der Waals surface area (Å²) in [6.07, 6.45) is -0.975. The van der Waals surface area contributed by atoms with Gasteiger partial charge in [0.1, 0.15) is 11.9 Å². The van der Waals surface area contributed by atoms with Crippen molar-refractivity contribution < 1.29 is 14.6 Å². The average molecular weight is 252 g/mol. The highest BCUT2D eigenvalue weighted by Gasteiger charge is 2.33. The quantitative estimate of drug-likeness (QED) is 0.874. The van der Waals surface area contributed by atoms with Crippen LogP contribution in [0.1, 0.15) is 39.4 Å². The Morgan fingerprint density at radius 2 is 1.83 bits per heavy atom. The van der Waals surface area contributed by atoms with Gasteiger partial charge in [-0.25, -0.2) is 0 Å². The van der Waals surface area contributed by atoms with Crippen LogP contribution in [0.15, 0.2) is 24.3 Å². The highest BCUT2D eigenvalue weighted by molar-refractivity contribution is 5.35. The fourth-order valence-electron chi connectivity index (χ4n) is 2.13. The second-order valence-electron chi connectivity index (χ2n) is 5.44. The summed E-state index contributed by atoms with van der Waals surface area (Å²) in [4.78, 5) is 0. The number of hydrogen-bond donors (Lipinski definition) is 1. The molecule has 3 nitrogen and oxygen atoms in total. The standard InChI is InChI=1S/C15H24O3/c1-6-18-12-10-8-7-9-11(12)13(16)14(17-5)15(2,3)4/h7-10,13-14,16H,6H2,1-5H3. The summed E-state index contributed by atoms with van der Waals surface area (Å²) in [5.41, 5.74) is 0.633. The van der Waals surface area contributed by atoms with Crippen LogP contribution in [0.2, 0.25) is 0 Å². The minimum Gasteiger partial charge on any atom is -0.493 e. The molecule has 3 heteroatoms. The van der Waals surface area contributed by atoms with Crippen LogP contribution in [0, 0.1) is 5.41 Å². The normalized spacial score (nSPS) is 15.2. The van der Waals surface area contributed by atoms with Gasteiger partial charge >= 0.3 is 0 Å². The monoisotopic (exact) mass is 252 g/mol. The topological polar surface area (TPSA) is 38.7 Å². The molecule has 1 aromatic rings. The van der Waals surface area contributed by atoms with Crippen LogP contribution < -0.4 is 4.74 Å². The van der Waals surface area contributed by atoms with Gasteiger partial charge in [-0.15, -0.1) is 0 Å². The number of benzene rings is 1. The third-order valence-corrected chi connectivity index (χ3v) is 2.93. The Morgan fingerprint density at radius 3 is 2.33 bits per heavy atom. The lowest BCUT2D eigenvalue weighted by molar-refractivity contribution is -0.0731. The van der Waals surface area contributed by atoms with E-state index in [-0.39, 0.29) is 11.5 Å². The summed E-state index contributed by atoms with van der Waals surface area (Å²) < 4.78 is 11.0. The minimum absolute atomic E-state index is 0.145. The van der Waals surface area contributed by atoms with Crippen molar-refractivity contribution in [1.29, 1.82) is 0 Å². The molecule has 0 fully saturated rings. The summed E-state index contributed by atoms with van der Waals surface area (Å²) in [6, 6.07) is 7.56. The van der Waals surface area contributed by atoms with Crippen molar-refractivity contribution in [3.8, 4) is 5.75 Å². The maximum atomic E-state index is 10.5. The molecule has 0 bridgehead atoms. The predicted molar refractivity (Wildman–Crippen MR) is 72.8 cm³/mol. The van der Waals surface area contributed by atoms with Crippen LogP contribution in [-0.4, -0.2) is 24.9 Å². The first-order chi connectivity index (χ1) is 8.41. The van der Waals surface area contributed by atoms with Crippen molar-refractivity contribution in [3.05, 3.63) is 29.8 Å². The Hall–Kier alpha value is -1.06. The summed E-state index contributed by atoms with van der Waals surface area (Å²) in [7, 11) is 1.63. The van der Waals surface area contributed by atoms with Gasteiger partial charge in [-0.3, -0.25) is 0 Å². The number of ether oxygens (including phenoxy) is 2. The minimum atomic E-state index is -0.697. The van der Waals surface area contributed by atoms with Crippen LogP contribution in [0.5, 0.6) is 5.75 Å². The smallest absolute Gasteiger partial charge is 0.125 e. The first kappa shape index (κ1) is 15.0. The zero-order valence-corrected chi connectivity index (χ0v) is 11.9. The molecule has 0 aliphatic carbocycles. The summed E-state index contributed by atoms with van der Waals surface area (Å²) in [5, 5.41) is 10.5. The molecular weight excluding hydrogens is 228 g/mol. The summed E-state index contributed by atoms with van der Waals surface area (Å²) in [6.45, 7) is 8.66. The van der Waals surface area contributed by atoms with Gasteiger partial charge in [-0.1, -0.05) is 39.0 Å². The lowest BCUT2D eigenvalue weighted by atomic mass is 9.83. The maximum absolute atomic E-state index is 10.5. The molecule has 0 saturated heterocycles. The van der Waals surface area contributed by atoms with Crippen molar-refractivity contribution in [1.82, 2.24) is 0 Å². The van der Waals surface area contributed by atoms with E-state index >= 15 is 0 Å². The molecule has 1 N–H and O–H groups in total. The summed E-state index contributed by atoms with van der Waals surface area (Å²) >= 11 is 0. The molecule has 102 valence electrons. The molecule has 18 heavy (non-hydrogen) atoms. The SMILES string of the molecule is CCOc1ccccc1C(O)C(OC)C(C)(C)C. The van der Waals surface area contributed by atoms with Crippen LogP contribution in [-0.2, 0) is 4.74 Å². The third-order valence-electron chi connectivity index (χ3n) is 2.93. The van der Waals surface area contributed by atoms with Crippen LogP contribution in [0.25, 0.3) is 0 Å². The Balaban J connectivity index is 3.05. The zero-order chi connectivity index (χ0) is 13.8. The van der Waals surface area contributed by atoms with Gasteiger partial charge in [0, 0.05) is 12.7 Å². The van der Waals surface area contributed by atoms with E-state index in [2.05, 4.69) is 0 Å². The molecule has 0 aliphatic rings. The maximum Gasteiger partial charge on any atom is 0.125 e. The molecule has 0 spiro atoms. The largest absolute Gasteiger partial charge is 0.493 e. The van der Waals surface area contributed by atoms with E-state index in [4.69, 9.17) is 9.47 Å². The second-order valence-corrected chi connectivity index (χ2v) is 5.44. The molecule has 1 rings (SSSR count). The van der Waals surface area contributed by atoms with Crippen LogP contribution in [0.4, 0.5) is 0 Å². The molecule has 0 radical (unpaired) electrons. The first-order valence-electron chi connectivity index (χ1n) is 6.34. The van der Waals surface area contributed by atoms with E-state index < -0.39 is 6.10 Å². The van der Waals surface area contributed by atoms with E-state index in [1.165, 1.54) is 0 Å². The van der Waals surface area contributed by atoms with E-state index in [0.29, 0.717) is 6.61 Å². The van der Waals surface area contributed by atoms with E-state index in [9.17, 15) is 5.11 Å². The van der Waals surface area contributed by atoms with Gasteiger partial charge in [-0.05, 0) is 18.4 Å². The van der Waals surface area contributed by atoms with Gasteiger partial charge in [0.05, 0.1) is 12.7 Å². The summed E-state index contributed by atoms with van der Waals surface area (Å²) in [5.74, 6) is 0.721. The van der Waals surface area contributed by atoms with E-state index in [0.717, 1.165) is 11.3 Å². The van der Waals surface area contributed by atoms with Gasteiger partial charge in [0.15, 0.2) is 0 Å². The van der Waals surface area contributed by atoms with Crippen LogP contribution >= 0.6 is 0 Å². The second kappa shape index (κ2) is 6.21. The molecular formula is C15H24O3. The number of para-hydroxylation sites is 1. The van der Waals surface area contributed by atoms with Gasteiger partial charge in [0.25, 0.3) is 0 Å². The van der Waals surface area contributed by atoms with Crippen LogP contribution in [0.3, 0.4) is 0 Å². The Kier molecular flexibility index (Phi) is 5.17. The molecule has 0 heterocycles. The van der Waals surface area contributed by atoms with Crippen molar-refractivity contribution in [2.45, 2.75) is 39.9 Å². The van der Waals surface area contributed by atoms with Gasteiger partial charge < -0.3 is 14.6 Å². The highest BCUT2D eigenvalue weighted by atomic mass is 16.5. The number of methoxy groups -OCH3 is 1. The fourth-order valence-corrected chi connectivity index (χ4v) is 2.13. The Labute approximate surface area is 110 Å². The van der Waals surface area contributed by atoms with Gasteiger partial charge in [-0.2, -0.15) is 0 Å². The number of aliphatic hydroxyl groups is 1. The number of rotatable bonds is 5. The molecule has 0 aromatic heterocycles. The lowest BCUT2D eigenvalue weighted by Gasteiger charge is -2.33. The number of aliphatic hydroxyl groups excluding tert-OH is 1. The Morgan fingerprint density at radius 1 is 1.22 bits per heavy atom. The zero-order valence-electron chi connectivity index (χ0n) is 11.9. The Bertz CT molecular complexity index is 368. The molecule has 2 unspecified atom stereocenters. The van der Waals surface area contributed by atoms with Crippen molar-refractivity contribution in [2.24, 2.45) is 5.41 Å². The molecule has 2 atom stereocenters. The molecule has 0 saturated carbocycles. The molecule has 0 aliphatic heterocycles. The van der Waals surface area contributed by atoms with Crippen molar-refractivity contribution in [3.63, 3.8) is 0 Å². The predicted octanol–water partition coefficient (Wildman–Crippen LogP) is 3.18.